The molecule has 364 valence electrons. The van der Waals surface area contributed by atoms with Gasteiger partial charge in [0.1, 0.15) is 11.5 Å². The lowest BCUT2D eigenvalue weighted by molar-refractivity contribution is -0.384. The van der Waals surface area contributed by atoms with Crippen LogP contribution in [0.2, 0.25) is 0 Å². The number of alkyl halides is 6. The molecule has 2 heterocycles. The maximum absolute atomic E-state index is 14.4. The first kappa shape index (κ1) is 49.8. The number of anilines is 2. The van der Waals surface area contributed by atoms with Gasteiger partial charge >= 0.3 is 12.4 Å². The number of benzene rings is 6. The standard InChI is InChI=1S/2C25H22F3N3O4/c2*1-35-20-9-5-8-18(12-20)29-16-24(32,25(26,27)28)22-15-30(14-17-6-3-2-4-7-17)23-13-19(31(33)34)10-11-21(22)23/h2*2-13,15,29,32H,14,16H2,1H3. The molecule has 20 heteroatoms. The van der Waals surface area contributed by atoms with E-state index in [1.165, 1.54) is 72.1 Å². The lowest BCUT2D eigenvalue weighted by Crippen LogP contribution is -2.47. The number of non-ortho nitro benzene ring substituents is 2. The second-order valence-electron chi connectivity index (χ2n) is 16.1. The summed E-state index contributed by atoms with van der Waals surface area (Å²) >= 11 is 0. The molecule has 2 atom stereocenters. The Morgan fingerprint density at radius 3 is 1.23 bits per heavy atom. The third kappa shape index (κ3) is 10.6. The maximum atomic E-state index is 14.4. The van der Waals surface area contributed by atoms with Gasteiger partial charge in [-0.1, -0.05) is 72.8 Å². The van der Waals surface area contributed by atoms with Crippen LogP contribution in [-0.2, 0) is 24.3 Å². The number of halogens is 6. The van der Waals surface area contributed by atoms with Crippen LogP contribution < -0.4 is 20.1 Å². The molecule has 0 saturated heterocycles. The fourth-order valence-corrected chi connectivity index (χ4v) is 7.89. The Kier molecular flexibility index (Phi) is 14.4. The first-order chi connectivity index (χ1) is 33.2. The summed E-state index contributed by atoms with van der Waals surface area (Å²) in [6.07, 6.45) is -7.68. The van der Waals surface area contributed by atoms with Crippen LogP contribution in [0.5, 0.6) is 11.5 Å². The number of fused-ring (bicyclic) bond motifs is 2. The van der Waals surface area contributed by atoms with Crippen LogP contribution >= 0.6 is 0 Å². The van der Waals surface area contributed by atoms with Crippen molar-refractivity contribution in [1.29, 1.82) is 0 Å². The number of nitrogens with zero attached hydrogens (tertiary/aromatic N) is 4. The molecule has 6 aromatic carbocycles. The van der Waals surface area contributed by atoms with E-state index < -0.39 is 57.6 Å². The minimum atomic E-state index is -5.05. The van der Waals surface area contributed by atoms with E-state index in [4.69, 9.17) is 9.47 Å². The molecule has 0 radical (unpaired) electrons. The molecular weight excluding hydrogens is 927 g/mol. The molecule has 70 heavy (non-hydrogen) atoms. The Morgan fingerprint density at radius 2 is 0.900 bits per heavy atom. The van der Waals surface area contributed by atoms with Gasteiger partial charge in [-0.25, -0.2) is 0 Å². The molecule has 14 nitrogen and oxygen atoms in total. The van der Waals surface area contributed by atoms with Gasteiger partial charge in [-0.3, -0.25) is 20.2 Å². The summed E-state index contributed by atoms with van der Waals surface area (Å²) in [5.41, 5.74) is -5.25. The number of hydrogen-bond acceptors (Lipinski definition) is 10. The highest BCUT2D eigenvalue weighted by atomic mass is 19.4. The van der Waals surface area contributed by atoms with Gasteiger partial charge in [0.25, 0.3) is 11.4 Å². The highest BCUT2D eigenvalue weighted by Crippen LogP contribution is 2.45. The van der Waals surface area contributed by atoms with Gasteiger partial charge in [0.05, 0.1) is 48.2 Å². The molecule has 2 aromatic heterocycles. The fraction of sp³-hybridized carbons (Fsp3) is 0.200. The molecule has 0 saturated carbocycles. The van der Waals surface area contributed by atoms with E-state index >= 15 is 0 Å². The predicted molar refractivity (Wildman–Crippen MR) is 251 cm³/mol. The van der Waals surface area contributed by atoms with Crippen LogP contribution in [0.25, 0.3) is 21.8 Å². The van der Waals surface area contributed by atoms with Crippen LogP contribution in [0.15, 0.2) is 158 Å². The number of ether oxygens (including phenoxy) is 2. The molecule has 8 aromatic rings. The molecule has 0 fully saturated rings. The lowest BCUT2D eigenvalue weighted by Gasteiger charge is -2.31. The molecule has 0 aliphatic carbocycles. The third-order valence-electron chi connectivity index (χ3n) is 11.6. The molecule has 0 bridgehead atoms. The summed E-state index contributed by atoms with van der Waals surface area (Å²) in [7, 11) is 2.87. The number of aromatic nitrogens is 2. The zero-order valence-corrected chi connectivity index (χ0v) is 37.2. The van der Waals surface area contributed by atoms with E-state index in [-0.39, 0.29) is 46.3 Å². The second kappa shape index (κ2) is 20.2. The normalized spacial score (nSPS) is 13.4. The topological polar surface area (TPSA) is 179 Å². The number of nitrogens with one attached hydrogen (secondary N) is 2. The van der Waals surface area contributed by atoms with Crippen molar-refractivity contribution in [2.45, 2.75) is 36.6 Å². The van der Waals surface area contributed by atoms with Gasteiger partial charge in [-0.05, 0) is 47.5 Å². The van der Waals surface area contributed by atoms with Crippen molar-refractivity contribution in [3.05, 3.63) is 200 Å². The van der Waals surface area contributed by atoms with Crippen LogP contribution in [-0.4, -0.2) is 68.9 Å². The number of aliphatic hydroxyl groups is 2. The third-order valence-corrected chi connectivity index (χ3v) is 11.6. The van der Waals surface area contributed by atoms with Gasteiger partial charge in [-0.15, -0.1) is 0 Å². The zero-order chi connectivity index (χ0) is 50.4. The van der Waals surface area contributed by atoms with Crippen LogP contribution in [0, 0.1) is 20.2 Å². The van der Waals surface area contributed by atoms with Gasteiger partial charge in [-0.2, -0.15) is 26.3 Å². The van der Waals surface area contributed by atoms with E-state index in [2.05, 4.69) is 10.6 Å². The van der Waals surface area contributed by atoms with Crippen molar-refractivity contribution < 1.29 is 55.9 Å². The quantitative estimate of drug-likeness (QED) is 0.0414. The fourth-order valence-electron chi connectivity index (χ4n) is 7.89. The molecular formula is C50H44F6N6O8. The Labute approximate surface area is 395 Å². The van der Waals surface area contributed by atoms with Crippen LogP contribution in [0.3, 0.4) is 0 Å². The largest absolute Gasteiger partial charge is 0.497 e. The van der Waals surface area contributed by atoms with Crippen molar-refractivity contribution in [3.63, 3.8) is 0 Å². The number of hydrogen-bond donors (Lipinski definition) is 4. The molecule has 0 aliphatic heterocycles. The van der Waals surface area contributed by atoms with Crippen molar-refractivity contribution in [3.8, 4) is 11.5 Å². The Bertz CT molecular complexity index is 2920. The molecule has 0 amide bonds. The molecule has 0 aliphatic rings. The van der Waals surface area contributed by atoms with Crippen LogP contribution in [0.1, 0.15) is 22.3 Å². The number of methoxy groups -OCH3 is 2. The maximum Gasteiger partial charge on any atom is 0.423 e. The van der Waals surface area contributed by atoms with Crippen molar-refractivity contribution in [1.82, 2.24) is 9.13 Å². The second-order valence-corrected chi connectivity index (χ2v) is 16.1. The van der Waals surface area contributed by atoms with E-state index in [1.807, 2.05) is 0 Å². The molecule has 2 unspecified atom stereocenters. The Hall–Kier alpha value is -8.10. The first-order valence-corrected chi connectivity index (χ1v) is 21.2. The zero-order valence-electron chi connectivity index (χ0n) is 37.2. The van der Waals surface area contributed by atoms with E-state index in [1.54, 1.807) is 97.1 Å². The molecule has 0 spiro atoms. The SMILES string of the molecule is COc1cccc(NCC(O)(c2cn(Cc3ccccc3)c3cc([N+](=O)[O-])ccc23)C(F)(F)F)c1.COc1cccc(NCC(O)(c2cn(Cc3ccccc3)c3cc([N+](=O)[O-])ccc23)C(F)(F)F)c1. The number of rotatable bonds is 16. The van der Waals surface area contributed by atoms with Crippen molar-refractivity contribution in [2.24, 2.45) is 0 Å². The Balaban J connectivity index is 0.000000206. The number of nitro groups is 2. The highest BCUT2D eigenvalue weighted by molar-refractivity contribution is 5.88. The van der Waals surface area contributed by atoms with E-state index in [9.17, 15) is 56.8 Å². The average molecular weight is 971 g/mol. The lowest BCUT2D eigenvalue weighted by atomic mass is 9.92. The van der Waals surface area contributed by atoms with Gasteiger partial charge in [0, 0.05) is 95.2 Å². The smallest absolute Gasteiger partial charge is 0.423 e. The Morgan fingerprint density at radius 1 is 0.529 bits per heavy atom. The summed E-state index contributed by atoms with van der Waals surface area (Å²) in [5.74, 6) is 0.884. The number of nitro benzene ring substituents is 2. The summed E-state index contributed by atoms with van der Waals surface area (Å²) < 4.78 is 99.4. The van der Waals surface area contributed by atoms with Gasteiger partial charge < -0.3 is 39.5 Å². The van der Waals surface area contributed by atoms with E-state index in [0.717, 1.165) is 23.3 Å². The van der Waals surface area contributed by atoms with Gasteiger partial charge in [0.15, 0.2) is 0 Å². The van der Waals surface area contributed by atoms with Crippen LogP contribution in [0.4, 0.5) is 49.1 Å². The first-order valence-electron chi connectivity index (χ1n) is 21.2. The monoisotopic (exact) mass is 970 g/mol. The summed E-state index contributed by atoms with van der Waals surface area (Å²) in [6, 6.07) is 37.8. The molecule has 4 N–H and O–H groups in total. The van der Waals surface area contributed by atoms with Crippen molar-refractivity contribution in [2.75, 3.05) is 37.9 Å². The minimum absolute atomic E-state index is 0.0683. The van der Waals surface area contributed by atoms with E-state index in [0.29, 0.717) is 22.9 Å². The molecule has 8 rings (SSSR count). The minimum Gasteiger partial charge on any atom is -0.497 e. The summed E-state index contributed by atoms with van der Waals surface area (Å²) in [6.45, 7) is -1.44. The summed E-state index contributed by atoms with van der Waals surface area (Å²) in [4.78, 5) is 21.4. The summed E-state index contributed by atoms with van der Waals surface area (Å²) in [5, 5.41) is 50.3. The average Bonchev–Trinajstić information content (AvgIpc) is 3.90. The highest BCUT2D eigenvalue weighted by Gasteiger charge is 2.57. The van der Waals surface area contributed by atoms with Crippen molar-refractivity contribution >= 4 is 44.6 Å². The van der Waals surface area contributed by atoms with Gasteiger partial charge in [0.2, 0.25) is 11.2 Å². The predicted octanol–water partition coefficient (Wildman–Crippen LogP) is 10.9.